The number of methoxy groups -OCH3 is 2. The van der Waals surface area contributed by atoms with Gasteiger partial charge in [-0.1, -0.05) is 65.8 Å². The van der Waals surface area contributed by atoms with Gasteiger partial charge in [-0.3, -0.25) is 4.79 Å². The SMILES string of the molecule is C=C1C=C(OC)C(C(=O)Oc2c(C)c(C)c(C(=O)Oc3c(C)c(CC)c(C(=O)Oc4c(C)c(C)c(C(=O)O)c(C)c4CC)c(C)c3F)c(O)c2Br)C(Oc2ccccc2)=C1.C=O.CC.CCCCOC. The second-order valence-electron chi connectivity index (χ2n) is 15.7. The molecule has 1 unspecified atom stereocenters. The van der Waals surface area contributed by atoms with E-state index in [1.54, 1.807) is 78.1 Å². The monoisotopic (exact) mass is 1030 g/mol. The quantitative estimate of drug-likeness (QED) is 0.0653. The lowest BCUT2D eigenvalue weighted by Gasteiger charge is -2.25. The smallest absolute Gasteiger partial charge is 0.347 e. The molecular formula is C55H66BrFO13. The van der Waals surface area contributed by atoms with Crippen molar-refractivity contribution in [2.75, 3.05) is 20.8 Å². The van der Waals surface area contributed by atoms with Crippen molar-refractivity contribution in [1.29, 1.82) is 0 Å². The van der Waals surface area contributed by atoms with Gasteiger partial charge < -0.3 is 43.4 Å². The number of aromatic hydroxyl groups is 1. The minimum atomic E-state index is -1.16. The first-order valence-electron chi connectivity index (χ1n) is 22.7. The number of para-hydroxylation sites is 1. The van der Waals surface area contributed by atoms with E-state index < -0.39 is 47.1 Å². The third-order valence-electron chi connectivity index (χ3n) is 11.6. The standard InChI is InChI=1S/C47H46BrFO11.C5H12O.C2H6.CH2O/c1-12-30-27(9)43(39(49)28(10)35(30)45(53)58-41-24(6)22(4)34(44(51)52)26(8)31(41)13-2)60-46(54)36-23(5)25(7)42(38(48)40(36)50)59-47(55)37-32(56-11)19-21(3)20-33(37)57-29-17-15-14-16-18-29;1-3-4-5-6-2;2*1-2/h14-20,37,50H,3,12-13H2,1-2,4-11H3,(H,51,52);3-5H2,1-2H3;1-2H3;1H2. The maximum Gasteiger partial charge on any atom is 0.347 e. The van der Waals surface area contributed by atoms with Crippen LogP contribution in [-0.4, -0.2) is 61.7 Å². The summed E-state index contributed by atoms with van der Waals surface area (Å²) in [4.78, 5) is 61.8. The molecule has 2 N–H and O–H groups in total. The first kappa shape index (κ1) is 59.5. The van der Waals surface area contributed by atoms with Crippen LogP contribution in [0, 0.1) is 60.2 Å². The van der Waals surface area contributed by atoms with Crippen molar-refractivity contribution in [3.05, 3.63) is 143 Å². The highest BCUT2D eigenvalue weighted by Gasteiger charge is 2.37. The predicted octanol–water partition coefficient (Wildman–Crippen LogP) is 12.6. The number of carbonyl (C=O) groups excluding carboxylic acids is 4. The van der Waals surface area contributed by atoms with Crippen molar-refractivity contribution >= 4 is 46.6 Å². The van der Waals surface area contributed by atoms with E-state index in [9.17, 15) is 29.4 Å². The highest BCUT2D eigenvalue weighted by molar-refractivity contribution is 9.10. The third-order valence-corrected chi connectivity index (χ3v) is 12.3. The molecule has 4 aromatic rings. The number of halogens is 2. The molecule has 0 aliphatic heterocycles. The van der Waals surface area contributed by atoms with Crippen molar-refractivity contribution in [3.63, 3.8) is 0 Å². The second-order valence-corrected chi connectivity index (χ2v) is 16.5. The Morgan fingerprint density at radius 2 is 1.21 bits per heavy atom. The van der Waals surface area contributed by atoms with E-state index in [2.05, 4.69) is 29.4 Å². The topological polar surface area (TPSA) is 181 Å². The molecule has 0 saturated heterocycles. The van der Waals surface area contributed by atoms with Gasteiger partial charge in [0, 0.05) is 19.3 Å². The number of carbonyl (C=O) groups is 5. The molecule has 0 bridgehead atoms. The molecular weight excluding hydrogens is 967 g/mol. The van der Waals surface area contributed by atoms with E-state index in [1.807, 2.05) is 33.6 Å². The zero-order valence-electron chi connectivity index (χ0n) is 42.7. The molecule has 5 rings (SSSR count). The van der Waals surface area contributed by atoms with Crippen LogP contribution in [0.4, 0.5) is 4.39 Å². The summed E-state index contributed by atoms with van der Waals surface area (Å²) >= 11 is 3.29. The van der Waals surface area contributed by atoms with E-state index >= 15 is 4.39 Å². The summed E-state index contributed by atoms with van der Waals surface area (Å²) in [5.41, 5.74) is 3.00. The second kappa shape index (κ2) is 27.6. The van der Waals surface area contributed by atoms with Gasteiger partial charge in [0.05, 0.1) is 18.2 Å². The minimum Gasteiger partial charge on any atom is -0.506 e. The number of aromatic carboxylic acids is 1. The fourth-order valence-corrected chi connectivity index (χ4v) is 8.34. The van der Waals surface area contributed by atoms with Crippen LogP contribution in [0.3, 0.4) is 0 Å². The summed E-state index contributed by atoms with van der Waals surface area (Å²) in [6.45, 7) is 27.5. The number of phenolic OH excluding ortho intramolecular Hbond substituents is 1. The molecule has 70 heavy (non-hydrogen) atoms. The Balaban J connectivity index is 0.00000154. The van der Waals surface area contributed by atoms with E-state index in [1.165, 1.54) is 40.7 Å². The fraction of sp³-hybridized carbons (Fsp3) is 0.364. The van der Waals surface area contributed by atoms with Crippen LogP contribution in [0.1, 0.15) is 129 Å². The van der Waals surface area contributed by atoms with Crippen molar-refractivity contribution < 1.29 is 67.0 Å². The van der Waals surface area contributed by atoms with Crippen molar-refractivity contribution in [2.24, 2.45) is 5.92 Å². The summed E-state index contributed by atoms with van der Waals surface area (Å²) in [5.74, 6) is -6.18. The van der Waals surface area contributed by atoms with Gasteiger partial charge in [0.2, 0.25) is 0 Å². The molecule has 1 aliphatic rings. The Kier molecular flexibility index (Phi) is 23.5. The Morgan fingerprint density at radius 3 is 1.73 bits per heavy atom. The van der Waals surface area contributed by atoms with Gasteiger partial charge in [-0.25, -0.2) is 18.8 Å². The molecule has 0 radical (unpaired) electrons. The van der Waals surface area contributed by atoms with Crippen LogP contribution >= 0.6 is 15.9 Å². The molecule has 0 fully saturated rings. The maximum absolute atomic E-state index is 16.4. The zero-order chi connectivity index (χ0) is 53.3. The number of hydrogen-bond donors (Lipinski definition) is 2. The number of benzene rings is 4. The number of esters is 3. The lowest BCUT2D eigenvalue weighted by Crippen LogP contribution is -2.29. The Morgan fingerprint density at radius 1 is 0.686 bits per heavy atom. The summed E-state index contributed by atoms with van der Waals surface area (Å²) in [7, 11) is 3.13. The van der Waals surface area contributed by atoms with Gasteiger partial charge in [0.15, 0.2) is 23.2 Å². The molecule has 0 amide bonds. The molecule has 0 aromatic heterocycles. The van der Waals surface area contributed by atoms with E-state index in [-0.39, 0.29) is 72.9 Å². The number of unbranched alkanes of at least 4 members (excludes halogenated alkanes) is 1. The summed E-state index contributed by atoms with van der Waals surface area (Å²) in [5, 5.41) is 21.3. The highest BCUT2D eigenvalue weighted by Crippen LogP contribution is 2.45. The first-order chi connectivity index (χ1) is 33.2. The van der Waals surface area contributed by atoms with Gasteiger partial charge in [-0.05, 0) is 158 Å². The molecule has 4 aromatic carbocycles. The fourth-order valence-electron chi connectivity index (χ4n) is 7.77. The van der Waals surface area contributed by atoms with Crippen LogP contribution in [0.15, 0.2) is 70.6 Å². The molecule has 0 heterocycles. The first-order valence-corrected chi connectivity index (χ1v) is 23.5. The molecule has 0 saturated carbocycles. The summed E-state index contributed by atoms with van der Waals surface area (Å²) in [6.07, 6.45) is 6.16. The van der Waals surface area contributed by atoms with Crippen LogP contribution in [0.25, 0.3) is 0 Å². The van der Waals surface area contributed by atoms with E-state index in [0.29, 0.717) is 45.6 Å². The average Bonchev–Trinajstić information content (AvgIpc) is 3.34. The van der Waals surface area contributed by atoms with Crippen LogP contribution in [0.5, 0.6) is 28.7 Å². The summed E-state index contributed by atoms with van der Waals surface area (Å²) in [6, 6.07) is 8.79. The molecule has 378 valence electrons. The van der Waals surface area contributed by atoms with Crippen LogP contribution in [0.2, 0.25) is 0 Å². The lowest BCUT2D eigenvalue weighted by atomic mass is 9.90. The van der Waals surface area contributed by atoms with Gasteiger partial charge in [-0.15, -0.1) is 0 Å². The Labute approximate surface area is 419 Å². The highest BCUT2D eigenvalue weighted by atomic mass is 79.9. The average molecular weight is 1030 g/mol. The summed E-state index contributed by atoms with van der Waals surface area (Å²) < 4.78 is 50.1. The zero-order valence-corrected chi connectivity index (χ0v) is 44.3. The normalized spacial score (nSPS) is 12.6. The van der Waals surface area contributed by atoms with Crippen molar-refractivity contribution in [2.45, 2.75) is 109 Å². The van der Waals surface area contributed by atoms with Crippen LogP contribution < -0.4 is 18.9 Å². The third kappa shape index (κ3) is 13.2. The number of hydrogen-bond acceptors (Lipinski definition) is 12. The molecule has 1 atom stereocenters. The lowest BCUT2D eigenvalue weighted by molar-refractivity contribution is -0.138. The van der Waals surface area contributed by atoms with E-state index in [0.717, 1.165) is 6.61 Å². The number of ether oxygens (including phenoxy) is 6. The molecule has 0 spiro atoms. The van der Waals surface area contributed by atoms with Gasteiger partial charge in [0.1, 0.15) is 45.6 Å². The molecule has 13 nitrogen and oxygen atoms in total. The minimum absolute atomic E-state index is 0.0592. The largest absolute Gasteiger partial charge is 0.506 e. The number of allylic oxidation sites excluding steroid dienone is 3. The maximum atomic E-state index is 16.4. The van der Waals surface area contributed by atoms with Gasteiger partial charge in [-0.2, -0.15) is 0 Å². The number of carboxylic acid groups (broad SMARTS) is 1. The van der Waals surface area contributed by atoms with Crippen molar-refractivity contribution in [3.8, 4) is 28.7 Å². The number of rotatable bonds is 15. The Hall–Kier alpha value is -6.58. The van der Waals surface area contributed by atoms with Crippen molar-refractivity contribution in [1.82, 2.24) is 0 Å². The van der Waals surface area contributed by atoms with Gasteiger partial charge >= 0.3 is 23.9 Å². The molecule has 15 heteroatoms. The van der Waals surface area contributed by atoms with E-state index in [4.69, 9.17) is 33.2 Å². The molecule has 1 aliphatic carbocycles. The number of carboxylic acids is 1. The Bertz CT molecular complexity index is 2610. The van der Waals surface area contributed by atoms with Crippen LogP contribution in [-0.2, 0) is 31.9 Å². The van der Waals surface area contributed by atoms with Gasteiger partial charge in [0.25, 0.3) is 0 Å². The predicted molar refractivity (Wildman–Crippen MR) is 271 cm³/mol. The number of phenols is 1.